The third kappa shape index (κ3) is 2.63. The Morgan fingerprint density at radius 3 is 2.71 bits per heavy atom. The summed E-state index contributed by atoms with van der Waals surface area (Å²) in [4.78, 5) is 0. The maximum atomic E-state index is 6.28. The molecule has 0 atom stereocenters. The van der Waals surface area contributed by atoms with Gasteiger partial charge in [-0.25, -0.2) is 0 Å². The van der Waals surface area contributed by atoms with Gasteiger partial charge in [0.05, 0.1) is 21.9 Å². The van der Waals surface area contributed by atoms with E-state index in [1.54, 1.807) is 19.2 Å². The highest BCUT2D eigenvalue weighted by Crippen LogP contribution is 2.42. The van der Waals surface area contributed by atoms with E-state index in [0.717, 1.165) is 36.1 Å². The fraction of sp³-hybridized carbons (Fsp3) is 0.400. The highest BCUT2D eigenvalue weighted by Gasteiger charge is 2.39. The number of methoxy groups -OCH3 is 1. The Labute approximate surface area is 133 Å². The number of halogens is 2. The first-order valence-electron chi connectivity index (χ1n) is 6.79. The van der Waals surface area contributed by atoms with Gasteiger partial charge in [-0.15, -0.1) is 0 Å². The number of ether oxygens (including phenoxy) is 1. The fourth-order valence-electron chi connectivity index (χ4n) is 2.77. The van der Waals surface area contributed by atoms with Crippen LogP contribution in [-0.2, 0) is 11.2 Å². The van der Waals surface area contributed by atoms with Crippen LogP contribution in [0.4, 0.5) is 5.88 Å². The molecule has 0 spiro atoms. The van der Waals surface area contributed by atoms with Crippen LogP contribution in [0.3, 0.4) is 0 Å². The zero-order chi connectivity index (χ0) is 15.0. The van der Waals surface area contributed by atoms with Crippen molar-refractivity contribution in [3.8, 4) is 11.1 Å². The first-order valence-corrected chi connectivity index (χ1v) is 7.55. The number of hydrogen-bond acceptors (Lipinski definition) is 4. The minimum Gasteiger partial charge on any atom is -0.378 e. The number of anilines is 1. The molecule has 0 bridgehead atoms. The van der Waals surface area contributed by atoms with Crippen molar-refractivity contribution < 1.29 is 9.26 Å². The monoisotopic (exact) mass is 326 g/mol. The van der Waals surface area contributed by atoms with Crippen LogP contribution >= 0.6 is 23.2 Å². The number of nitrogens with two attached hydrogens (primary N) is 1. The van der Waals surface area contributed by atoms with Crippen molar-refractivity contribution >= 4 is 29.1 Å². The van der Waals surface area contributed by atoms with E-state index in [-0.39, 0.29) is 11.5 Å². The maximum Gasteiger partial charge on any atom is 0.230 e. The van der Waals surface area contributed by atoms with Gasteiger partial charge < -0.3 is 15.0 Å². The zero-order valence-electron chi connectivity index (χ0n) is 11.7. The van der Waals surface area contributed by atoms with Crippen LogP contribution in [0.1, 0.15) is 25.0 Å². The van der Waals surface area contributed by atoms with E-state index in [2.05, 4.69) is 5.16 Å². The molecule has 1 fully saturated rings. The number of rotatable bonds is 4. The third-order valence-electron chi connectivity index (χ3n) is 4.18. The highest BCUT2D eigenvalue weighted by molar-refractivity contribution is 6.36. The minimum atomic E-state index is -0.156. The predicted molar refractivity (Wildman–Crippen MR) is 83.7 cm³/mol. The zero-order valence-corrected chi connectivity index (χ0v) is 13.2. The van der Waals surface area contributed by atoms with Crippen molar-refractivity contribution in [3.05, 3.63) is 33.9 Å². The van der Waals surface area contributed by atoms with Crippen LogP contribution in [0.15, 0.2) is 22.7 Å². The molecule has 1 aromatic carbocycles. The van der Waals surface area contributed by atoms with Crippen molar-refractivity contribution in [2.75, 3.05) is 12.8 Å². The number of aromatic nitrogens is 1. The molecule has 112 valence electrons. The predicted octanol–water partition coefficient (Wildman–Crippen LogP) is 4.34. The van der Waals surface area contributed by atoms with Crippen molar-refractivity contribution in [2.24, 2.45) is 0 Å². The lowest BCUT2D eigenvalue weighted by Gasteiger charge is -2.40. The third-order valence-corrected chi connectivity index (χ3v) is 4.72. The molecular formula is C15H16Cl2N2O2. The lowest BCUT2D eigenvalue weighted by Crippen LogP contribution is -2.41. The number of hydrogen-bond donors (Lipinski definition) is 1. The molecule has 0 radical (unpaired) electrons. The molecular weight excluding hydrogens is 311 g/mol. The SMILES string of the molecule is COC1(Cc2noc(N)c2-c2ccc(Cl)cc2Cl)CCC1. The second-order valence-corrected chi connectivity index (χ2v) is 6.25. The standard InChI is InChI=1S/C15H16Cl2N2O2/c1-20-15(5-2-6-15)8-12-13(14(18)21-19-12)10-4-3-9(16)7-11(10)17/h3-4,7H,2,5-6,8,18H2,1H3. The summed E-state index contributed by atoms with van der Waals surface area (Å²) in [6.07, 6.45) is 3.87. The molecule has 3 rings (SSSR count). The van der Waals surface area contributed by atoms with Gasteiger partial charge in [0, 0.05) is 24.1 Å². The average Bonchev–Trinajstić information content (AvgIpc) is 2.75. The Morgan fingerprint density at radius 2 is 2.14 bits per heavy atom. The van der Waals surface area contributed by atoms with Gasteiger partial charge in [0.2, 0.25) is 5.88 Å². The van der Waals surface area contributed by atoms with E-state index in [9.17, 15) is 0 Å². The maximum absolute atomic E-state index is 6.28. The van der Waals surface area contributed by atoms with Gasteiger partial charge >= 0.3 is 0 Å². The molecule has 1 aliphatic carbocycles. The summed E-state index contributed by atoms with van der Waals surface area (Å²) in [7, 11) is 1.73. The summed E-state index contributed by atoms with van der Waals surface area (Å²) < 4.78 is 10.8. The molecule has 0 amide bonds. The van der Waals surface area contributed by atoms with Gasteiger partial charge in [-0.2, -0.15) is 0 Å². The van der Waals surface area contributed by atoms with Crippen LogP contribution < -0.4 is 5.73 Å². The number of nitrogen functional groups attached to an aromatic ring is 1. The van der Waals surface area contributed by atoms with E-state index in [1.807, 2.05) is 6.07 Å². The van der Waals surface area contributed by atoms with Crippen LogP contribution in [0.5, 0.6) is 0 Å². The topological polar surface area (TPSA) is 61.3 Å². The molecule has 2 N–H and O–H groups in total. The average molecular weight is 327 g/mol. The van der Waals surface area contributed by atoms with Crippen LogP contribution in [0.2, 0.25) is 10.0 Å². The van der Waals surface area contributed by atoms with Gasteiger partial charge in [-0.1, -0.05) is 34.4 Å². The summed E-state index contributed by atoms with van der Waals surface area (Å²) in [6, 6.07) is 5.29. The Bertz CT molecular complexity index is 660. The van der Waals surface area contributed by atoms with Crippen molar-refractivity contribution in [1.29, 1.82) is 0 Å². The fourth-order valence-corrected chi connectivity index (χ4v) is 3.27. The second kappa shape index (κ2) is 5.52. The summed E-state index contributed by atoms with van der Waals surface area (Å²) >= 11 is 12.2. The lowest BCUT2D eigenvalue weighted by atomic mass is 9.76. The van der Waals surface area contributed by atoms with E-state index >= 15 is 0 Å². The molecule has 0 saturated heterocycles. The smallest absolute Gasteiger partial charge is 0.230 e. The van der Waals surface area contributed by atoms with Gasteiger partial charge in [0.25, 0.3) is 0 Å². The molecule has 0 unspecified atom stereocenters. The number of nitrogens with zero attached hydrogens (tertiary/aromatic N) is 1. The molecule has 1 aromatic heterocycles. The van der Waals surface area contributed by atoms with E-state index in [1.165, 1.54) is 0 Å². The van der Waals surface area contributed by atoms with E-state index < -0.39 is 0 Å². The van der Waals surface area contributed by atoms with Crippen molar-refractivity contribution in [3.63, 3.8) is 0 Å². The summed E-state index contributed by atoms with van der Waals surface area (Å²) in [5, 5.41) is 5.20. The van der Waals surface area contributed by atoms with Crippen LogP contribution in [0, 0.1) is 0 Å². The Balaban J connectivity index is 2.01. The van der Waals surface area contributed by atoms with Crippen molar-refractivity contribution in [1.82, 2.24) is 5.16 Å². The van der Waals surface area contributed by atoms with Gasteiger partial charge in [-0.3, -0.25) is 0 Å². The van der Waals surface area contributed by atoms with E-state index in [4.69, 9.17) is 38.2 Å². The van der Waals surface area contributed by atoms with Gasteiger partial charge in [0.1, 0.15) is 0 Å². The van der Waals surface area contributed by atoms with Crippen LogP contribution in [-0.4, -0.2) is 17.9 Å². The molecule has 6 heteroatoms. The molecule has 4 nitrogen and oxygen atoms in total. The normalized spacial score (nSPS) is 16.7. The lowest BCUT2D eigenvalue weighted by molar-refractivity contribution is -0.0717. The largest absolute Gasteiger partial charge is 0.378 e. The summed E-state index contributed by atoms with van der Waals surface area (Å²) in [6.45, 7) is 0. The van der Waals surface area contributed by atoms with Gasteiger partial charge in [-0.05, 0) is 31.4 Å². The molecule has 0 aliphatic heterocycles. The molecule has 2 aromatic rings. The highest BCUT2D eigenvalue weighted by atomic mass is 35.5. The Morgan fingerprint density at radius 1 is 1.38 bits per heavy atom. The molecule has 1 aliphatic rings. The van der Waals surface area contributed by atoms with Crippen LogP contribution in [0.25, 0.3) is 11.1 Å². The second-order valence-electron chi connectivity index (χ2n) is 5.41. The van der Waals surface area contributed by atoms with Gasteiger partial charge in [0.15, 0.2) is 0 Å². The van der Waals surface area contributed by atoms with E-state index in [0.29, 0.717) is 16.5 Å². The molecule has 21 heavy (non-hydrogen) atoms. The molecule has 1 saturated carbocycles. The Hall–Kier alpha value is -1.23. The minimum absolute atomic E-state index is 0.156. The first-order chi connectivity index (χ1) is 10.0. The summed E-state index contributed by atoms with van der Waals surface area (Å²) in [5.41, 5.74) is 8.07. The Kier molecular flexibility index (Phi) is 3.86. The number of benzene rings is 1. The first kappa shape index (κ1) is 14.7. The quantitative estimate of drug-likeness (QED) is 0.907. The van der Waals surface area contributed by atoms with Crippen molar-refractivity contribution in [2.45, 2.75) is 31.3 Å². The molecule has 1 heterocycles. The summed E-state index contributed by atoms with van der Waals surface area (Å²) in [5.74, 6) is 0.264.